The molecule has 0 bridgehead atoms. The number of aliphatic hydroxyl groups is 1. The summed E-state index contributed by atoms with van der Waals surface area (Å²) in [6.45, 7) is -0.00849. The summed E-state index contributed by atoms with van der Waals surface area (Å²) in [5.41, 5.74) is -2.90. The van der Waals surface area contributed by atoms with Crippen LogP contribution in [-0.4, -0.2) is 65.9 Å². The first kappa shape index (κ1) is 32.3. The average molecular weight is 607 g/mol. The zero-order chi connectivity index (χ0) is 30.9. The summed E-state index contributed by atoms with van der Waals surface area (Å²) in [6.07, 6.45) is -4.29. The molecule has 2 aromatic rings. The number of nitrogens with zero attached hydrogens (tertiary/aromatic N) is 3. The number of nitriles is 1. The Hall–Kier alpha value is -3.25. The van der Waals surface area contributed by atoms with Crippen LogP contribution in [0, 0.1) is 29.6 Å². The fourth-order valence-electron chi connectivity index (χ4n) is 4.85. The molecule has 1 aliphatic carbocycles. The largest absolute Gasteiger partial charge is 0.433 e. The Balaban J connectivity index is 1.89. The minimum atomic E-state index is -4.56. The number of carbonyl (C=O) groups excluding carboxylic acids is 1. The zero-order valence-corrected chi connectivity index (χ0v) is 23.6. The maximum atomic E-state index is 13.4. The lowest BCUT2D eigenvalue weighted by Crippen LogP contribution is -2.42. The molecular formula is C26H31F5N4O5S. The van der Waals surface area contributed by atoms with Gasteiger partial charge in [0.1, 0.15) is 27.5 Å². The average Bonchev–Trinajstić information content (AvgIpc) is 3.17. The summed E-state index contributed by atoms with van der Waals surface area (Å²) in [7, 11) is -3.33. The quantitative estimate of drug-likeness (QED) is 0.411. The number of ether oxygens (including phenoxy) is 1. The summed E-state index contributed by atoms with van der Waals surface area (Å²) in [5.74, 6) is -1.70. The Morgan fingerprint density at radius 1 is 1.29 bits per heavy atom. The number of imidazole rings is 1. The number of nitrogens with one attached hydrogen (secondary N) is 1. The molecule has 41 heavy (non-hydrogen) atoms. The number of aliphatic hydroxyl groups excluding tert-OH is 1. The molecule has 1 aliphatic rings. The number of aromatic nitrogens is 2. The number of amides is 1. The molecule has 0 aliphatic heterocycles. The van der Waals surface area contributed by atoms with E-state index >= 15 is 0 Å². The number of sulfone groups is 1. The van der Waals surface area contributed by atoms with Gasteiger partial charge in [-0.3, -0.25) is 9.36 Å². The second kappa shape index (κ2) is 11.9. The molecule has 0 radical (unpaired) electrons. The van der Waals surface area contributed by atoms with Gasteiger partial charge in [0.15, 0.2) is 11.4 Å². The van der Waals surface area contributed by atoms with E-state index in [1.807, 2.05) is 6.07 Å². The molecule has 1 aromatic carbocycles. The number of rotatable bonds is 9. The van der Waals surface area contributed by atoms with Crippen LogP contribution in [-0.2, 0) is 16.3 Å². The van der Waals surface area contributed by atoms with Crippen molar-refractivity contribution in [2.24, 2.45) is 11.3 Å². The van der Waals surface area contributed by atoms with Crippen molar-refractivity contribution >= 4 is 15.7 Å². The van der Waals surface area contributed by atoms with E-state index in [-0.39, 0.29) is 41.4 Å². The molecule has 1 amide bonds. The summed E-state index contributed by atoms with van der Waals surface area (Å²) in [5, 5.41) is 22.2. The van der Waals surface area contributed by atoms with Gasteiger partial charge in [-0.2, -0.15) is 27.2 Å². The number of alkyl halides is 5. The summed E-state index contributed by atoms with van der Waals surface area (Å²) >= 11 is 0. The molecule has 1 unspecified atom stereocenters. The van der Waals surface area contributed by atoms with Crippen LogP contribution in [0.1, 0.15) is 60.7 Å². The first-order valence-electron chi connectivity index (χ1n) is 12.6. The van der Waals surface area contributed by atoms with E-state index in [1.165, 1.54) is 19.1 Å². The monoisotopic (exact) mass is 606 g/mol. The molecular weight excluding hydrogens is 575 g/mol. The number of aryl methyl sites for hydroxylation is 1. The number of hydrogen-bond acceptors (Lipinski definition) is 7. The van der Waals surface area contributed by atoms with Gasteiger partial charge in [-0.05, 0) is 50.3 Å². The maximum absolute atomic E-state index is 13.4. The number of carbonyl (C=O) groups is 1. The molecule has 1 aromatic heterocycles. The van der Waals surface area contributed by atoms with E-state index in [4.69, 9.17) is 0 Å². The third kappa shape index (κ3) is 7.34. The van der Waals surface area contributed by atoms with Crippen LogP contribution in [0.2, 0.25) is 0 Å². The number of hydrogen-bond donors (Lipinski definition) is 2. The standard InChI is InChI=1S/C26H31F5N4O5S/c1-14-34-22(23(37)33-13-16-6-7-17(10-20(16)36)41(4,38)39)19(12-32)35(14)18-8-5-15(9-21(18)40-24(27)28)11-25(2,3)26(29,30)31/h5,8-9,16-17,20,24,36H,6-7,10-11,13H2,1-4H3,(H,33,37)/t16-,17?,20+/m0/s1. The molecule has 1 heterocycles. The van der Waals surface area contributed by atoms with Crippen LogP contribution in [0.3, 0.4) is 0 Å². The molecule has 9 nitrogen and oxygen atoms in total. The fourth-order valence-corrected chi connectivity index (χ4v) is 5.96. The predicted molar refractivity (Wildman–Crippen MR) is 138 cm³/mol. The minimum absolute atomic E-state index is 0.0274. The van der Waals surface area contributed by atoms with Crippen LogP contribution < -0.4 is 10.1 Å². The van der Waals surface area contributed by atoms with E-state index < -0.39 is 63.4 Å². The zero-order valence-electron chi connectivity index (χ0n) is 22.8. The molecule has 2 N–H and O–H groups in total. The van der Waals surface area contributed by atoms with E-state index in [2.05, 4.69) is 15.0 Å². The van der Waals surface area contributed by atoms with Gasteiger partial charge in [0.25, 0.3) is 5.91 Å². The first-order valence-corrected chi connectivity index (χ1v) is 14.6. The molecule has 1 fully saturated rings. The van der Waals surface area contributed by atoms with Crippen LogP contribution in [0.4, 0.5) is 22.0 Å². The van der Waals surface area contributed by atoms with Crippen LogP contribution in [0.15, 0.2) is 18.2 Å². The first-order chi connectivity index (χ1) is 18.9. The summed E-state index contributed by atoms with van der Waals surface area (Å²) < 4.78 is 96.0. The molecule has 1 saturated carbocycles. The van der Waals surface area contributed by atoms with Gasteiger partial charge in [0.05, 0.1) is 22.5 Å². The number of halogens is 5. The Morgan fingerprint density at radius 2 is 1.95 bits per heavy atom. The number of benzene rings is 1. The highest BCUT2D eigenvalue weighted by Gasteiger charge is 2.47. The van der Waals surface area contributed by atoms with Gasteiger partial charge < -0.3 is 15.2 Å². The third-order valence-electron chi connectivity index (χ3n) is 7.30. The van der Waals surface area contributed by atoms with Crippen molar-refractivity contribution in [2.45, 2.75) is 70.6 Å². The van der Waals surface area contributed by atoms with Gasteiger partial charge in [0.2, 0.25) is 0 Å². The van der Waals surface area contributed by atoms with Gasteiger partial charge in [-0.25, -0.2) is 13.4 Å². The molecule has 0 saturated heterocycles. The lowest BCUT2D eigenvalue weighted by Gasteiger charge is -2.32. The lowest BCUT2D eigenvalue weighted by atomic mass is 9.85. The Morgan fingerprint density at radius 3 is 2.49 bits per heavy atom. The molecule has 15 heteroatoms. The minimum Gasteiger partial charge on any atom is -0.433 e. The fraction of sp³-hybridized carbons (Fsp3) is 0.577. The van der Waals surface area contributed by atoms with Gasteiger partial charge in [-0.1, -0.05) is 19.9 Å². The highest BCUT2D eigenvalue weighted by atomic mass is 32.2. The summed E-state index contributed by atoms with van der Waals surface area (Å²) in [4.78, 5) is 17.1. The summed E-state index contributed by atoms with van der Waals surface area (Å²) in [6, 6.07) is 5.35. The predicted octanol–water partition coefficient (Wildman–Crippen LogP) is 4.09. The smallest absolute Gasteiger partial charge is 0.394 e. The van der Waals surface area contributed by atoms with Crippen LogP contribution in [0.25, 0.3) is 5.69 Å². The Bertz CT molecular complexity index is 1430. The molecule has 226 valence electrons. The van der Waals surface area contributed by atoms with Gasteiger partial charge in [0, 0.05) is 18.7 Å². The van der Waals surface area contributed by atoms with E-state index in [0.717, 1.165) is 30.7 Å². The van der Waals surface area contributed by atoms with Crippen molar-refractivity contribution in [3.05, 3.63) is 41.0 Å². The second-order valence-corrected chi connectivity index (χ2v) is 13.2. The van der Waals surface area contributed by atoms with Crippen LogP contribution in [0.5, 0.6) is 5.75 Å². The van der Waals surface area contributed by atoms with Crippen molar-refractivity contribution in [1.29, 1.82) is 5.26 Å². The Labute approximate surface area is 234 Å². The molecule has 0 spiro atoms. The second-order valence-electron chi connectivity index (χ2n) is 10.8. The van der Waals surface area contributed by atoms with Crippen molar-refractivity contribution in [3.63, 3.8) is 0 Å². The van der Waals surface area contributed by atoms with Crippen LogP contribution >= 0.6 is 0 Å². The highest BCUT2D eigenvalue weighted by Crippen LogP contribution is 2.41. The van der Waals surface area contributed by atoms with Crippen molar-refractivity contribution in [2.75, 3.05) is 12.8 Å². The van der Waals surface area contributed by atoms with E-state index in [1.54, 1.807) is 0 Å². The van der Waals surface area contributed by atoms with Crippen molar-refractivity contribution in [1.82, 2.24) is 14.9 Å². The molecule has 3 rings (SSSR count). The van der Waals surface area contributed by atoms with Gasteiger partial charge >= 0.3 is 12.8 Å². The SMILES string of the molecule is Cc1nc(C(=O)NC[C@@H]2CCC(S(C)(=O)=O)C[C@H]2O)c(C#N)n1-c1ccc(CC(C)(C)C(F)(F)F)cc1OC(F)F. The normalized spacial score (nSPS) is 20.1. The third-order valence-corrected chi connectivity index (χ3v) is 8.94. The van der Waals surface area contributed by atoms with E-state index in [0.29, 0.717) is 12.8 Å². The van der Waals surface area contributed by atoms with Gasteiger partial charge in [-0.15, -0.1) is 0 Å². The Kier molecular flexibility index (Phi) is 9.39. The lowest BCUT2D eigenvalue weighted by molar-refractivity contribution is -0.211. The van der Waals surface area contributed by atoms with Crippen molar-refractivity contribution in [3.8, 4) is 17.5 Å². The molecule has 3 atom stereocenters. The highest BCUT2D eigenvalue weighted by molar-refractivity contribution is 7.91. The topological polar surface area (TPSA) is 134 Å². The maximum Gasteiger partial charge on any atom is 0.394 e. The van der Waals surface area contributed by atoms with E-state index in [9.17, 15) is 45.5 Å². The van der Waals surface area contributed by atoms with Crippen molar-refractivity contribution < 1.29 is 45.0 Å².